The third-order valence-electron chi connectivity index (χ3n) is 2.39. The molecule has 8 heteroatoms. The van der Waals surface area contributed by atoms with Crippen molar-refractivity contribution in [3.05, 3.63) is 34.6 Å². The average molecular weight is 319 g/mol. The molecule has 0 saturated carbocycles. The van der Waals surface area contributed by atoms with Crippen LogP contribution in [0.4, 0.5) is 22.0 Å². The number of aliphatic hydroxyl groups is 1. The summed E-state index contributed by atoms with van der Waals surface area (Å²) >= 11 is 5.75. The fourth-order valence-corrected chi connectivity index (χ4v) is 1.60. The number of hydrogen-bond donors (Lipinski definition) is 1. The molecule has 1 rings (SSSR count). The predicted octanol–water partition coefficient (Wildman–Crippen LogP) is 3.30. The van der Waals surface area contributed by atoms with Gasteiger partial charge in [-0.15, -0.1) is 0 Å². The van der Waals surface area contributed by atoms with Crippen LogP contribution in [0.25, 0.3) is 0 Å². The molecule has 1 unspecified atom stereocenters. The van der Waals surface area contributed by atoms with Gasteiger partial charge in [0, 0.05) is 11.4 Å². The van der Waals surface area contributed by atoms with Crippen molar-refractivity contribution in [1.29, 1.82) is 0 Å². The van der Waals surface area contributed by atoms with Gasteiger partial charge in [-0.05, 0) is 23.8 Å². The molecule has 1 aromatic rings. The third-order valence-corrected chi connectivity index (χ3v) is 2.76. The fourth-order valence-electron chi connectivity index (χ4n) is 1.41. The molecule has 0 saturated heterocycles. The van der Waals surface area contributed by atoms with Crippen LogP contribution in [-0.4, -0.2) is 36.8 Å². The van der Waals surface area contributed by atoms with Crippen LogP contribution in [0.3, 0.4) is 0 Å². The van der Waals surface area contributed by atoms with Crippen molar-refractivity contribution < 1.29 is 31.8 Å². The highest BCUT2D eigenvalue weighted by Crippen LogP contribution is 2.23. The van der Waals surface area contributed by atoms with E-state index in [1.54, 1.807) is 0 Å². The molecule has 0 radical (unpaired) electrons. The summed E-state index contributed by atoms with van der Waals surface area (Å²) in [6.45, 7) is -2.09. The van der Waals surface area contributed by atoms with Crippen molar-refractivity contribution in [3.63, 3.8) is 0 Å². The molecular formula is C12H12ClF5O2. The van der Waals surface area contributed by atoms with E-state index in [1.807, 2.05) is 0 Å². The quantitative estimate of drug-likeness (QED) is 0.782. The first kappa shape index (κ1) is 17.1. The average Bonchev–Trinajstić information content (AvgIpc) is 2.33. The van der Waals surface area contributed by atoms with Crippen LogP contribution in [0, 0.1) is 5.82 Å². The fraction of sp³-hybridized carbons (Fsp3) is 0.500. The molecule has 114 valence electrons. The molecule has 20 heavy (non-hydrogen) atoms. The Hall–Kier alpha value is -0.920. The van der Waals surface area contributed by atoms with Crippen LogP contribution in [0.5, 0.6) is 0 Å². The maximum Gasteiger partial charge on any atom is 0.330 e. The van der Waals surface area contributed by atoms with Crippen molar-refractivity contribution in [2.45, 2.75) is 24.9 Å². The van der Waals surface area contributed by atoms with Gasteiger partial charge in [0.2, 0.25) is 0 Å². The first-order valence-electron chi connectivity index (χ1n) is 5.58. The van der Waals surface area contributed by atoms with Crippen LogP contribution >= 0.6 is 11.6 Å². The molecule has 1 N–H and O–H groups in total. The molecule has 0 aliphatic heterocycles. The van der Waals surface area contributed by atoms with Gasteiger partial charge in [-0.25, -0.2) is 13.2 Å². The molecule has 0 aromatic heterocycles. The zero-order valence-corrected chi connectivity index (χ0v) is 10.9. The standard InChI is InChI=1S/C12H12ClF5O2/c13-10-2-1-8(14)3-7(10)4-9(19)5-20-6-12(17,18)11(15)16/h1-3,9,11,19H,4-6H2. The number of benzene rings is 1. The summed E-state index contributed by atoms with van der Waals surface area (Å²) in [5.41, 5.74) is 0.267. The van der Waals surface area contributed by atoms with E-state index in [-0.39, 0.29) is 17.0 Å². The second-order valence-corrected chi connectivity index (χ2v) is 4.58. The minimum atomic E-state index is -4.27. The first-order chi connectivity index (χ1) is 9.22. The Morgan fingerprint density at radius 1 is 1.30 bits per heavy atom. The molecular weight excluding hydrogens is 307 g/mol. The van der Waals surface area contributed by atoms with Crippen LogP contribution < -0.4 is 0 Å². The monoisotopic (exact) mass is 318 g/mol. The Balaban J connectivity index is 2.44. The van der Waals surface area contributed by atoms with Crippen molar-refractivity contribution in [2.75, 3.05) is 13.2 Å². The van der Waals surface area contributed by atoms with Gasteiger partial charge in [0.1, 0.15) is 12.4 Å². The molecule has 0 amide bonds. The van der Waals surface area contributed by atoms with Crippen LogP contribution in [-0.2, 0) is 11.2 Å². The lowest BCUT2D eigenvalue weighted by atomic mass is 10.1. The van der Waals surface area contributed by atoms with Gasteiger partial charge in [0.25, 0.3) is 0 Å². The molecule has 2 nitrogen and oxygen atoms in total. The maximum atomic E-state index is 12.9. The highest BCUT2D eigenvalue weighted by molar-refractivity contribution is 6.31. The largest absolute Gasteiger partial charge is 0.390 e. The van der Waals surface area contributed by atoms with Crippen LogP contribution in [0.15, 0.2) is 18.2 Å². The highest BCUT2D eigenvalue weighted by Gasteiger charge is 2.41. The number of halogens is 6. The maximum absolute atomic E-state index is 12.9. The van der Waals surface area contributed by atoms with E-state index in [0.29, 0.717) is 0 Å². The number of ether oxygens (including phenoxy) is 1. The number of aliphatic hydroxyl groups excluding tert-OH is 1. The normalized spacial score (nSPS) is 13.8. The van der Waals surface area contributed by atoms with Crippen LogP contribution in [0.1, 0.15) is 5.56 Å². The highest BCUT2D eigenvalue weighted by atomic mass is 35.5. The molecule has 1 atom stereocenters. The molecule has 0 heterocycles. The molecule has 0 bridgehead atoms. The van der Waals surface area contributed by atoms with Gasteiger partial charge in [-0.3, -0.25) is 0 Å². The smallest absolute Gasteiger partial charge is 0.330 e. The molecule has 0 aliphatic carbocycles. The van der Waals surface area contributed by atoms with Gasteiger partial charge in [0.15, 0.2) is 0 Å². The Bertz CT molecular complexity index is 442. The summed E-state index contributed by atoms with van der Waals surface area (Å²) in [5, 5.41) is 9.71. The Kier molecular flexibility index (Phi) is 6.16. The van der Waals surface area contributed by atoms with Crippen molar-refractivity contribution in [1.82, 2.24) is 0 Å². The van der Waals surface area contributed by atoms with E-state index in [2.05, 4.69) is 4.74 Å². The Morgan fingerprint density at radius 3 is 2.55 bits per heavy atom. The summed E-state index contributed by atoms with van der Waals surface area (Å²) in [7, 11) is 0. The van der Waals surface area contributed by atoms with Crippen molar-refractivity contribution in [3.8, 4) is 0 Å². The summed E-state index contributed by atoms with van der Waals surface area (Å²) in [5.74, 6) is -4.84. The lowest BCUT2D eigenvalue weighted by Crippen LogP contribution is -2.34. The summed E-state index contributed by atoms with van der Waals surface area (Å²) in [6.07, 6.45) is -5.24. The van der Waals surface area contributed by atoms with E-state index in [4.69, 9.17) is 11.6 Å². The van der Waals surface area contributed by atoms with Gasteiger partial charge in [-0.1, -0.05) is 11.6 Å². The molecule has 1 aromatic carbocycles. The SMILES string of the molecule is OC(COCC(F)(F)C(F)F)Cc1cc(F)ccc1Cl. The van der Waals surface area contributed by atoms with Crippen LogP contribution in [0.2, 0.25) is 5.02 Å². The van der Waals surface area contributed by atoms with E-state index in [1.165, 1.54) is 6.07 Å². The Labute approximate surface area is 117 Å². The van der Waals surface area contributed by atoms with E-state index < -0.39 is 37.5 Å². The minimum Gasteiger partial charge on any atom is -0.390 e. The number of hydrogen-bond acceptors (Lipinski definition) is 2. The van der Waals surface area contributed by atoms with Gasteiger partial charge >= 0.3 is 12.3 Å². The zero-order chi connectivity index (χ0) is 15.3. The lowest BCUT2D eigenvalue weighted by molar-refractivity contribution is -0.170. The molecule has 0 aliphatic rings. The number of rotatable bonds is 7. The van der Waals surface area contributed by atoms with Gasteiger partial charge in [0.05, 0.1) is 12.7 Å². The molecule has 0 spiro atoms. The summed E-state index contributed by atoms with van der Waals surface area (Å²) in [6, 6.07) is 3.49. The predicted molar refractivity (Wildman–Crippen MR) is 62.9 cm³/mol. The van der Waals surface area contributed by atoms with Gasteiger partial charge in [-0.2, -0.15) is 8.78 Å². The van der Waals surface area contributed by atoms with E-state index in [0.717, 1.165) is 12.1 Å². The van der Waals surface area contributed by atoms with Crippen molar-refractivity contribution >= 4 is 11.6 Å². The van der Waals surface area contributed by atoms with E-state index in [9.17, 15) is 27.1 Å². The third kappa shape index (κ3) is 5.22. The Morgan fingerprint density at radius 2 is 1.95 bits per heavy atom. The molecule has 0 fully saturated rings. The first-order valence-corrected chi connectivity index (χ1v) is 5.96. The lowest BCUT2D eigenvalue weighted by Gasteiger charge is -2.17. The summed E-state index contributed by atoms with van der Waals surface area (Å²) < 4.78 is 66.0. The van der Waals surface area contributed by atoms with E-state index >= 15 is 0 Å². The van der Waals surface area contributed by atoms with Gasteiger partial charge < -0.3 is 9.84 Å². The second-order valence-electron chi connectivity index (χ2n) is 4.17. The van der Waals surface area contributed by atoms with Crippen molar-refractivity contribution in [2.24, 2.45) is 0 Å². The zero-order valence-electron chi connectivity index (χ0n) is 10.1. The summed E-state index contributed by atoms with van der Waals surface area (Å²) in [4.78, 5) is 0. The second kappa shape index (κ2) is 7.19. The number of alkyl halides is 4. The topological polar surface area (TPSA) is 29.5 Å². The minimum absolute atomic E-state index is 0.142.